The Morgan fingerprint density at radius 1 is 1.04 bits per heavy atom. The van der Waals surface area contributed by atoms with Gasteiger partial charge in [-0.25, -0.2) is 0 Å². The van der Waals surface area contributed by atoms with Crippen molar-refractivity contribution in [3.8, 4) is 11.8 Å². The molecule has 1 aromatic heterocycles. The Morgan fingerprint density at radius 3 is 2.42 bits per heavy atom. The second-order valence-electron chi connectivity index (χ2n) is 4.74. The zero-order chi connectivity index (χ0) is 16.9. The van der Waals surface area contributed by atoms with E-state index >= 15 is 0 Å². The smallest absolute Gasteiger partial charge is 0.174 e. The van der Waals surface area contributed by atoms with Crippen molar-refractivity contribution < 1.29 is 5.11 Å². The molecule has 118 valence electrons. The molecule has 0 unspecified atom stereocenters. The Kier molecular flexibility index (Phi) is 4.75. The van der Waals surface area contributed by atoms with Crippen LogP contribution in [0.4, 0.5) is 22.1 Å². The van der Waals surface area contributed by atoms with E-state index in [2.05, 4.69) is 15.5 Å². The van der Waals surface area contributed by atoms with E-state index in [0.29, 0.717) is 15.7 Å². The monoisotopic (exact) mass is 354 g/mol. The van der Waals surface area contributed by atoms with Gasteiger partial charge in [0.1, 0.15) is 11.1 Å². The second kappa shape index (κ2) is 7.13. The highest BCUT2D eigenvalue weighted by molar-refractivity contribution is 7.17. The molecule has 7 heteroatoms. The summed E-state index contributed by atoms with van der Waals surface area (Å²) in [4.78, 5) is 0.179. The fourth-order valence-corrected chi connectivity index (χ4v) is 2.91. The summed E-state index contributed by atoms with van der Waals surface area (Å²) in [6, 6.07) is 18.2. The van der Waals surface area contributed by atoms with Gasteiger partial charge in [0.2, 0.25) is 0 Å². The Hall–Kier alpha value is -2.88. The summed E-state index contributed by atoms with van der Waals surface area (Å²) in [6.45, 7) is 0. The first-order chi connectivity index (χ1) is 11.7. The predicted molar refractivity (Wildman–Crippen MR) is 96.1 cm³/mol. The van der Waals surface area contributed by atoms with Crippen molar-refractivity contribution in [1.29, 1.82) is 5.26 Å². The van der Waals surface area contributed by atoms with Crippen molar-refractivity contribution in [2.45, 2.75) is 0 Å². The molecule has 3 aromatic rings. The van der Waals surface area contributed by atoms with Crippen molar-refractivity contribution in [3.63, 3.8) is 0 Å². The first-order valence-corrected chi connectivity index (χ1v) is 8.12. The van der Waals surface area contributed by atoms with E-state index in [1.54, 1.807) is 24.3 Å². The standard InChI is InChI=1S/C17H11ClN4OS/c18-11-6-8-13(9-7-11)21-22-15-16(23)14(10-19)24-17(15)20-12-4-2-1-3-5-12/h1-9,20,23H. The maximum absolute atomic E-state index is 10.2. The van der Waals surface area contributed by atoms with Gasteiger partial charge in [0.25, 0.3) is 0 Å². The lowest BCUT2D eigenvalue weighted by Crippen LogP contribution is -1.86. The van der Waals surface area contributed by atoms with Crippen LogP contribution >= 0.6 is 22.9 Å². The van der Waals surface area contributed by atoms with E-state index in [-0.39, 0.29) is 16.3 Å². The predicted octanol–water partition coefficient (Wildman–Crippen LogP) is 6.14. The van der Waals surface area contributed by atoms with E-state index in [9.17, 15) is 5.11 Å². The highest BCUT2D eigenvalue weighted by Crippen LogP contribution is 2.46. The van der Waals surface area contributed by atoms with Crippen LogP contribution in [-0.2, 0) is 0 Å². The third-order valence-electron chi connectivity index (χ3n) is 3.08. The minimum atomic E-state index is -0.182. The average Bonchev–Trinajstić information content (AvgIpc) is 2.90. The molecule has 3 rings (SSSR count). The molecule has 1 heterocycles. The molecule has 0 aliphatic rings. The summed E-state index contributed by atoms with van der Waals surface area (Å²) >= 11 is 6.96. The molecule has 0 fully saturated rings. The number of nitrogens with one attached hydrogen (secondary N) is 1. The summed E-state index contributed by atoms with van der Waals surface area (Å²) < 4.78 is 0. The van der Waals surface area contributed by atoms with Crippen LogP contribution in [0.2, 0.25) is 5.02 Å². The van der Waals surface area contributed by atoms with Crippen LogP contribution in [0.5, 0.6) is 5.75 Å². The summed E-state index contributed by atoms with van der Waals surface area (Å²) in [5.41, 5.74) is 1.65. The number of thiophene rings is 1. The number of nitriles is 1. The number of azo groups is 1. The van der Waals surface area contributed by atoms with E-state index in [1.807, 2.05) is 36.4 Å². The molecular formula is C17H11ClN4OS. The molecule has 0 bridgehead atoms. The maximum Gasteiger partial charge on any atom is 0.174 e. The molecule has 0 radical (unpaired) electrons. The van der Waals surface area contributed by atoms with Gasteiger partial charge in [-0.15, -0.1) is 16.5 Å². The van der Waals surface area contributed by atoms with Crippen LogP contribution in [0.1, 0.15) is 4.88 Å². The van der Waals surface area contributed by atoms with Crippen molar-refractivity contribution in [1.82, 2.24) is 0 Å². The number of anilines is 2. The number of hydrogen-bond donors (Lipinski definition) is 2. The molecule has 5 nitrogen and oxygen atoms in total. The van der Waals surface area contributed by atoms with E-state index in [0.717, 1.165) is 17.0 Å². The van der Waals surface area contributed by atoms with Crippen LogP contribution in [0.3, 0.4) is 0 Å². The zero-order valence-corrected chi connectivity index (χ0v) is 13.8. The summed E-state index contributed by atoms with van der Waals surface area (Å²) in [5.74, 6) is -0.182. The molecule has 2 N–H and O–H groups in total. The van der Waals surface area contributed by atoms with E-state index < -0.39 is 0 Å². The molecule has 0 aliphatic heterocycles. The normalized spacial score (nSPS) is 10.7. The summed E-state index contributed by atoms with van der Waals surface area (Å²) in [5, 5.41) is 31.8. The second-order valence-corrected chi connectivity index (χ2v) is 6.19. The first-order valence-electron chi connectivity index (χ1n) is 6.92. The molecule has 24 heavy (non-hydrogen) atoms. The van der Waals surface area contributed by atoms with Crippen molar-refractivity contribution in [3.05, 3.63) is 64.5 Å². The number of halogens is 1. The average molecular weight is 355 g/mol. The van der Waals surface area contributed by atoms with Crippen LogP contribution in [-0.4, -0.2) is 5.11 Å². The van der Waals surface area contributed by atoms with Crippen LogP contribution in [0.25, 0.3) is 0 Å². The van der Waals surface area contributed by atoms with Gasteiger partial charge in [0.15, 0.2) is 16.3 Å². The lowest BCUT2D eigenvalue weighted by Gasteiger charge is -2.03. The topological polar surface area (TPSA) is 80.8 Å². The Morgan fingerprint density at radius 2 is 1.75 bits per heavy atom. The van der Waals surface area contributed by atoms with E-state index in [4.69, 9.17) is 16.9 Å². The van der Waals surface area contributed by atoms with Gasteiger partial charge in [-0.05, 0) is 36.4 Å². The van der Waals surface area contributed by atoms with Gasteiger partial charge in [0.05, 0.1) is 5.69 Å². The highest BCUT2D eigenvalue weighted by Gasteiger charge is 2.18. The SMILES string of the molecule is N#Cc1sc(Nc2ccccc2)c(N=Nc2ccc(Cl)cc2)c1O. The van der Waals surface area contributed by atoms with Gasteiger partial charge in [0, 0.05) is 10.7 Å². The fraction of sp³-hybridized carbons (Fsp3) is 0. The molecule has 2 aromatic carbocycles. The molecule has 0 aliphatic carbocycles. The summed E-state index contributed by atoms with van der Waals surface area (Å²) in [7, 11) is 0. The van der Waals surface area contributed by atoms with Crippen molar-refractivity contribution in [2.24, 2.45) is 10.2 Å². The first kappa shape index (κ1) is 16.0. The van der Waals surface area contributed by atoms with Gasteiger partial charge >= 0.3 is 0 Å². The highest BCUT2D eigenvalue weighted by atomic mass is 35.5. The van der Waals surface area contributed by atoms with Gasteiger partial charge < -0.3 is 10.4 Å². The lowest BCUT2D eigenvalue weighted by molar-refractivity contribution is 0.477. The minimum absolute atomic E-state index is 0.179. The molecule has 0 amide bonds. The number of para-hydroxylation sites is 1. The van der Waals surface area contributed by atoms with Gasteiger partial charge in [-0.2, -0.15) is 10.4 Å². The molecule has 0 saturated carbocycles. The van der Waals surface area contributed by atoms with Crippen LogP contribution < -0.4 is 5.32 Å². The van der Waals surface area contributed by atoms with Crippen LogP contribution in [0.15, 0.2) is 64.8 Å². The van der Waals surface area contributed by atoms with Crippen molar-refractivity contribution in [2.75, 3.05) is 5.32 Å². The third-order valence-corrected chi connectivity index (χ3v) is 4.32. The molecule has 0 saturated heterocycles. The Labute approximate surface area is 147 Å². The zero-order valence-electron chi connectivity index (χ0n) is 12.3. The Bertz CT molecular complexity index is 914. The quantitative estimate of drug-likeness (QED) is 0.552. The largest absolute Gasteiger partial charge is 0.504 e. The summed E-state index contributed by atoms with van der Waals surface area (Å²) in [6.07, 6.45) is 0. The number of benzene rings is 2. The maximum atomic E-state index is 10.2. The number of nitrogens with zero attached hydrogens (tertiary/aromatic N) is 3. The van der Waals surface area contributed by atoms with Crippen molar-refractivity contribution >= 4 is 45.0 Å². The van der Waals surface area contributed by atoms with Gasteiger partial charge in [-0.1, -0.05) is 29.8 Å². The number of hydrogen-bond acceptors (Lipinski definition) is 6. The lowest BCUT2D eigenvalue weighted by atomic mass is 10.3. The third kappa shape index (κ3) is 3.54. The van der Waals surface area contributed by atoms with E-state index in [1.165, 1.54) is 0 Å². The van der Waals surface area contributed by atoms with Gasteiger partial charge in [-0.3, -0.25) is 0 Å². The molecule has 0 spiro atoms. The molecule has 0 atom stereocenters. The Balaban J connectivity index is 1.95. The molecular weight excluding hydrogens is 344 g/mol. The minimum Gasteiger partial charge on any atom is -0.504 e. The van der Waals surface area contributed by atoms with Crippen LogP contribution in [0, 0.1) is 11.3 Å². The number of rotatable bonds is 4. The number of aromatic hydroxyl groups is 1. The fourth-order valence-electron chi connectivity index (χ4n) is 1.94.